The van der Waals surface area contributed by atoms with Crippen LogP contribution in [0.2, 0.25) is 0 Å². The minimum absolute atomic E-state index is 0.0590. The van der Waals surface area contributed by atoms with E-state index in [4.69, 9.17) is 4.74 Å². The van der Waals surface area contributed by atoms with E-state index in [0.717, 1.165) is 6.07 Å². The second-order valence-corrected chi connectivity index (χ2v) is 7.41. The molecular weight excluding hydrogens is 465 g/mol. The molecule has 12 heteroatoms. The van der Waals surface area contributed by atoms with Crippen molar-refractivity contribution in [1.82, 2.24) is 0 Å². The third kappa shape index (κ3) is 5.60. The zero-order valence-corrected chi connectivity index (χ0v) is 17.2. The molecule has 0 saturated heterocycles. The fourth-order valence-corrected chi connectivity index (χ4v) is 3.44. The number of carbonyl (C=O) groups excluding carboxylic acids is 3. The number of amides is 1. The summed E-state index contributed by atoms with van der Waals surface area (Å²) in [4.78, 5) is 47.6. The van der Waals surface area contributed by atoms with E-state index in [2.05, 4.69) is 0 Å². The second-order valence-electron chi connectivity index (χ2n) is 6.46. The summed E-state index contributed by atoms with van der Waals surface area (Å²) in [5.41, 5.74) is -2.77. The molecule has 0 unspecified atom stereocenters. The Morgan fingerprint density at radius 1 is 1.03 bits per heavy atom. The summed E-state index contributed by atoms with van der Waals surface area (Å²) in [5, 5.41) is 14.8. The van der Waals surface area contributed by atoms with E-state index in [0.29, 0.717) is 10.9 Å². The lowest BCUT2D eigenvalue weighted by molar-refractivity contribution is -0.384. The molecule has 1 N–H and O–H groups in total. The maximum Gasteiger partial charge on any atom is 0.416 e. The van der Waals surface area contributed by atoms with Crippen LogP contribution in [-0.2, 0) is 15.7 Å². The Morgan fingerprint density at radius 3 is 2.33 bits per heavy atom. The van der Waals surface area contributed by atoms with Gasteiger partial charge in [-0.15, -0.1) is 11.3 Å². The highest BCUT2D eigenvalue weighted by Gasteiger charge is 2.33. The number of anilines is 1. The topological polar surface area (TPSA) is 116 Å². The molecular formula is C21H13F3N2O6S. The number of thiophene rings is 1. The van der Waals surface area contributed by atoms with Crippen LogP contribution in [0.4, 0.5) is 24.5 Å². The first-order valence-electron chi connectivity index (χ1n) is 9.07. The first-order valence-corrected chi connectivity index (χ1v) is 9.95. The fourth-order valence-electron chi connectivity index (χ4n) is 2.76. The summed E-state index contributed by atoms with van der Waals surface area (Å²) in [6.07, 6.45) is -4.81. The number of nitrogens with one attached hydrogen (secondary N) is 1. The average molecular weight is 478 g/mol. The number of hydrogen-bond acceptors (Lipinski definition) is 7. The summed E-state index contributed by atoms with van der Waals surface area (Å²) in [6.45, 7) is -0.890. The molecule has 0 aliphatic rings. The van der Waals surface area contributed by atoms with Crippen LogP contribution < -0.4 is 5.32 Å². The Balaban J connectivity index is 1.71. The van der Waals surface area contributed by atoms with Gasteiger partial charge in [-0.1, -0.05) is 24.3 Å². The molecule has 1 amide bonds. The van der Waals surface area contributed by atoms with Crippen LogP contribution in [0.3, 0.4) is 0 Å². The van der Waals surface area contributed by atoms with E-state index in [1.807, 2.05) is 5.32 Å². The number of hydrogen-bond donors (Lipinski definition) is 1. The number of benzene rings is 2. The van der Waals surface area contributed by atoms with Crippen molar-refractivity contribution in [3.05, 3.63) is 91.7 Å². The maximum absolute atomic E-state index is 12.8. The van der Waals surface area contributed by atoms with Crippen LogP contribution in [-0.4, -0.2) is 29.2 Å². The predicted molar refractivity (Wildman–Crippen MR) is 111 cm³/mol. The number of nitro groups is 1. The normalized spacial score (nSPS) is 11.0. The number of halogens is 3. The number of ketones is 1. The third-order valence-corrected chi connectivity index (χ3v) is 5.14. The lowest BCUT2D eigenvalue weighted by atomic mass is 10.0. The van der Waals surface area contributed by atoms with Crippen molar-refractivity contribution in [2.45, 2.75) is 6.18 Å². The van der Waals surface area contributed by atoms with Crippen LogP contribution >= 0.6 is 11.3 Å². The summed E-state index contributed by atoms with van der Waals surface area (Å²) in [5.74, 6) is -2.43. The molecule has 0 saturated carbocycles. The van der Waals surface area contributed by atoms with Gasteiger partial charge in [0, 0.05) is 11.6 Å². The molecule has 3 aromatic rings. The summed E-state index contributed by atoms with van der Waals surface area (Å²) in [6, 6.07) is 10.6. The first-order chi connectivity index (χ1) is 15.6. The molecule has 0 atom stereocenters. The molecule has 33 heavy (non-hydrogen) atoms. The number of ether oxygens (including phenoxy) is 1. The van der Waals surface area contributed by atoms with Gasteiger partial charge in [0.2, 0.25) is 5.78 Å². The monoisotopic (exact) mass is 478 g/mol. The molecule has 0 fully saturated rings. The third-order valence-electron chi connectivity index (χ3n) is 4.27. The van der Waals surface area contributed by atoms with Crippen LogP contribution in [0.25, 0.3) is 0 Å². The van der Waals surface area contributed by atoms with E-state index in [1.54, 1.807) is 23.6 Å². The fraction of sp³-hybridized carbons (Fsp3) is 0.0952. The maximum atomic E-state index is 12.8. The number of carbonyl (C=O) groups is 3. The van der Waals surface area contributed by atoms with Crippen LogP contribution in [0.15, 0.2) is 60.0 Å². The van der Waals surface area contributed by atoms with Crippen molar-refractivity contribution in [1.29, 1.82) is 0 Å². The van der Waals surface area contributed by atoms with Gasteiger partial charge in [-0.3, -0.25) is 19.7 Å². The van der Waals surface area contributed by atoms with Crippen molar-refractivity contribution < 1.29 is 37.2 Å². The highest BCUT2D eigenvalue weighted by atomic mass is 32.1. The highest BCUT2D eigenvalue weighted by Crippen LogP contribution is 2.35. The Kier molecular flexibility index (Phi) is 6.87. The SMILES string of the molecule is O=C(COC(=O)c1ccccc1C(=O)c1cccs1)Nc1ccc(C(F)(F)F)cc1[N+](=O)[O-]. The van der Waals surface area contributed by atoms with E-state index in [-0.39, 0.29) is 17.2 Å². The second kappa shape index (κ2) is 9.61. The zero-order chi connectivity index (χ0) is 24.2. The molecule has 170 valence electrons. The lowest BCUT2D eigenvalue weighted by Gasteiger charge is -2.11. The quantitative estimate of drug-likeness (QED) is 0.228. The van der Waals surface area contributed by atoms with Crippen LogP contribution in [0.1, 0.15) is 31.2 Å². The summed E-state index contributed by atoms with van der Waals surface area (Å²) >= 11 is 1.18. The Labute approximate surface area is 187 Å². The van der Waals surface area contributed by atoms with Gasteiger partial charge in [0.25, 0.3) is 11.6 Å². The molecule has 1 heterocycles. The molecule has 0 radical (unpaired) electrons. The van der Waals surface area contributed by atoms with Crippen LogP contribution in [0, 0.1) is 10.1 Å². The van der Waals surface area contributed by atoms with Crippen molar-refractivity contribution >= 4 is 40.4 Å². The van der Waals surface area contributed by atoms with Gasteiger partial charge >= 0.3 is 12.1 Å². The molecule has 0 aliphatic carbocycles. The highest BCUT2D eigenvalue weighted by molar-refractivity contribution is 7.12. The number of nitrogens with zero attached hydrogens (tertiary/aromatic N) is 1. The first kappa shape index (κ1) is 23.6. The number of alkyl halides is 3. The smallest absolute Gasteiger partial charge is 0.416 e. The summed E-state index contributed by atoms with van der Waals surface area (Å²) in [7, 11) is 0. The number of nitro benzene ring substituents is 1. The molecule has 3 rings (SSSR count). The van der Waals surface area contributed by atoms with Crippen molar-refractivity contribution in [2.75, 3.05) is 11.9 Å². The predicted octanol–water partition coefficient (Wildman–Crippen LogP) is 4.70. The Morgan fingerprint density at radius 2 is 1.73 bits per heavy atom. The number of esters is 1. The molecule has 0 aliphatic heterocycles. The van der Waals surface area contributed by atoms with E-state index < -0.39 is 52.3 Å². The van der Waals surface area contributed by atoms with E-state index in [9.17, 15) is 37.7 Å². The standard InChI is InChI=1S/C21H13F3N2O6S/c22-21(23,24)12-7-8-15(16(10-12)26(30)31)25-18(27)11-32-20(29)14-5-2-1-4-13(14)19(28)17-6-3-9-33-17/h1-10H,11H2,(H,25,27). The molecule has 2 aromatic carbocycles. The molecule has 8 nitrogen and oxygen atoms in total. The van der Waals surface area contributed by atoms with Crippen molar-refractivity contribution in [2.24, 2.45) is 0 Å². The van der Waals surface area contributed by atoms with Crippen molar-refractivity contribution in [3.8, 4) is 0 Å². The molecule has 1 aromatic heterocycles. The van der Waals surface area contributed by atoms with E-state index in [1.165, 1.54) is 29.5 Å². The number of rotatable bonds is 7. The largest absolute Gasteiger partial charge is 0.452 e. The lowest BCUT2D eigenvalue weighted by Crippen LogP contribution is -2.22. The van der Waals surface area contributed by atoms with Gasteiger partial charge in [0.15, 0.2) is 6.61 Å². The van der Waals surface area contributed by atoms with Crippen LogP contribution in [0.5, 0.6) is 0 Å². The zero-order valence-electron chi connectivity index (χ0n) is 16.4. The van der Waals surface area contributed by atoms with Gasteiger partial charge in [0.1, 0.15) is 5.69 Å². The van der Waals surface area contributed by atoms with Gasteiger partial charge in [-0.25, -0.2) is 4.79 Å². The van der Waals surface area contributed by atoms with Gasteiger partial charge < -0.3 is 10.1 Å². The molecule has 0 spiro atoms. The van der Waals surface area contributed by atoms with Gasteiger partial charge in [-0.2, -0.15) is 13.2 Å². The Bertz CT molecular complexity index is 1220. The van der Waals surface area contributed by atoms with E-state index >= 15 is 0 Å². The molecule has 0 bridgehead atoms. The summed E-state index contributed by atoms with van der Waals surface area (Å²) < 4.78 is 43.3. The minimum Gasteiger partial charge on any atom is -0.452 e. The average Bonchev–Trinajstić information content (AvgIpc) is 3.31. The van der Waals surface area contributed by atoms with Gasteiger partial charge in [-0.05, 0) is 29.6 Å². The van der Waals surface area contributed by atoms with Crippen molar-refractivity contribution in [3.63, 3.8) is 0 Å². The van der Waals surface area contributed by atoms with Gasteiger partial charge in [0.05, 0.1) is 20.9 Å². The minimum atomic E-state index is -4.81. The Hall–Kier alpha value is -4.06.